The van der Waals surface area contributed by atoms with Gasteiger partial charge in [0.2, 0.25) is 0 Å². The lowest BCUT2D eigenvalue weighted by molar-refractivity contribution is 0.200. The Morgan fingerprint density at radius 3 is 2.64 bits per heavy atom. The molecule has 2 saturated heterocycles. The maximum absolute atomic E-state index is 4.53. The van der Waals surface area contributed by atoms with Crippen LogP contribution in [-0.2, 0) is 0 Å². The van der Waals surface area contributed by atoms with Crippen LogP contribution in [0.25, 0.3) is 0 Å². The molecule has 138 valence electrons. The summed E-state index contributed by atoms with van der Waals surface area (Å²) in [4.78, 5) is 9.58. The molecule has 0 amide bonds. The van der Waals surface area contributed by atoms with Crippen LogP contribution in [0.15, 0.2) is 35.3 Å². The van der Waals surface area contributed by atoms with Crippen molar-refractivity contribution in [2.45, 2.75) is 38.5 Å². The van der Waals surface area contributed by atoms with Crippen molar-refractivity contribution >= 4 is 5.96 Å². The summed E-state index contributed by atoms with van der Waals surface area (Å²) in [6.07, 6.45) is 5.37. The number of hydrogen-bond donors (Lipinski definition) is 1. The van der Waals surface area contributed by atoms with Crippen molar-refractivity contribution in [3.05, 3.63) is 35.9 Å². The number of hydrogen-bond acceptors (Lipinski definition) is 2. The minimum atomic E-state index is 0.630. The number of piperidine rings is 1. The van der Waals surface area contributed by atoms with Crippen molar-refractivity contribution in [2.24, 2.45) is 10.9 Å². The first-order valence-corrected chi connectivity index (χ1v) is 9.99. The topological polar surface area (TPSA) is 30.9 Å². The van der Waals surface area contributed by atoms with E-state index in [1.54, 1.807) is 0 Å². The normalized spacial score (nSPS) is 23.7. The number of aliphatic imine (C=N–C) groups is 1. The molecule has 2 heterocycles. The second-order valence-corrected chi connectivity index (χ2v) is 7.74. The molecular weight excluding hydrogens is 308 g/mol. The van der Waals surface area contributed by atoms with Crippen LogP contribution < -0.4 is 5.32 Å². The predicted molar refractivity (Wildman–Crippen MR) is 106 cm³/mol. The maximum atomic E-state index is 4.53. The molecule has 4 heteroatoms. The molecule has 0 aliphatic carbocycles. The van der Waals surface area contributed by atoms with Crippen molar-refractivity contribution in [1.29, 1.82) is 0 Å². The SMILES string of the molecule is CN=C(NCC(C)CN1CCCCC1)N1CCC(c2ccccc2)C1. The van der Waals surface area contributed by atoms with Gasteiger partial charge in [-0.3, -0.25) is 4.99 Å². The molecule has 0 saturated carbocycles. The largest absolute Gasteiger partial charge is 0.356 e. The zero-order valence-corrected chi connectivity index (χ0v) is 16.0. The minimum Gasteiger partial charge on any atom is -0.356 e. The third-order valence-electron chi connectivity index (χ3n) is 5.60. The number of likely N-dealkylation sites (tertiary alicyclic amines) is 2. The molecule has 0 aromatic heterocycles. The van der Waals surface area contributed by atoms with Crippen LogP contribution in [-0.4, -0.2) is 62.1 Å². The predicted octanol–water partition coefficient (Wildman–Crippen LogP) is 3.17. The van der Waals surface area contributed by atoms with Gasteiger partial charge in [0.05, 0.1) is 0 Å². The molecule has 1 aromatic carbocycles. The van der Waals surface area contributed by atoms with Crippen molar-refractivity contribution in [3.8, 4) is 0 Å². The van der Waals surface area contributed by atoms with E-state index in [1.807, 2.05) is 7.05 Å². The fraction of sp³-hybridized carbons (Fsp3) is 0.667. The van der Waals surface area contributed by atoms with Gasteiger partial charge in [-0.2, -0.15) is 0 Å². The van der Waals surface area contributed by atoms with Crippen LogP contribution in [0.5, 0.6) is 0 Å². The highest BCUT2D eigenvalue weighted by Crippen LogP contribution is 2.26. The molecule has 1 N–H and O–H groups in total. The number of nitrogens with one attached hydrogen (secondary N) is 1. The molecule has 4 nitrogen and oxygen atoms in total. The number of nitrogens with zero attached hydrogens (tertiary/aromatic N) is 3. The second kappa shape index (κ2) is 9.23. The molecule has 2 atom stereocenters. The van der Waals surface area contributed by atoms with Crippen molar-refractivity contribution in [2.75, 3.05) is 46.3 Å². The summed E-state index contributed by atoms with van der Waals surface area (Å²) in [6.45, 7) is 9.30. The van der Waals surface area contributed by atoms with Crippen LogP contribution in [0, 0.1) is 5.92 Å². The highest BCUT2D eigenvalue weighted by molar-refractivity contribution is 5.80. The summed E-state index contributed by atoms with van der Waals surface area (Å²) >= 11 is 0. The summed E-state index contributed by atoms with van der Waals surface area (Å²) in [5.41, 5.74) is 1.46. The minimum absolute atomic E-state index is 0.630. The van der Waals surface area contributed by atoms with E-state index in [4.69, 9.17) is 0 Å². The Hall–Kier alpha value is -1.55. The van der Waals surface area contributed by atoms with Crippen LogP contribution in [0.4, 0.5) is 0 Å². The van der Waals surface area contributed by atoms with E-state index >= 15 is 0 Å². The Morgan fingerprint density at radius 1 is 1.16 bits per heavy atom. The first-order chi connectivity index (χ1) is 12.3. The monoisotopic (exact) mass is 342 g/mol. The van der Waals surface area contributed by atoms with E-state index in [0.29, 0.717) is 11.8 Å². The molecule has 1 aromatic rings. The highest BCUT2D eigenvalue weighted by atomic mass is 15.3. The van der Waals surface area contributed by atoms with Gasteiger partial charge < -0.3 is 15.1 Å². The Morgan fingerprint density at radius 2 is 1.92 bits per heavy atom. The first-order valence-electron chi connectivity index (χ1n) is 9.99. The van der Waals surface area contributed by atoms with Crippen molar-refractivity contribution in [3.63, 3.8) is 0 Å². The average Bonchev–Trinajstić information content (AvgIpc) is 3.14. The van der Waals surface area contributed by atoms with Gasteiger partial charge in [0.25, 0.3) is 0 Å². The lowest BCUT2D eigenvalue weighted by atomic mass is 9.99. The highest BCUT2D eigenvalue weighted by Gasteiger charge is 2.26. The fourth-order valence-electron chi connectivity index (χ4n) is 4.20. The zero-order valence-electron chi connectivity index (χ0n) is 16.0. The van der Waals surface area contributed by atoms with E-state index in [-0.39, 0.29) is 0 Å². The van der Waals surface area contributed by atoms with Gasteiger partial charge in [0.15, 0.2) is 5.96 Å². The first kappa shape index (κ1) is 18.2. The lowest BCUT2D eigenvalue weighted by Crippen LogP contribution is -2.43. The smallest absolute Gasteiger partial charge is 0.193 e. The molecule has 2 unspecified atom stereocenters. The lowest BCUT2D eigenvalue weighted by Gasteiger charge is -2.30. The fourth-order valence-corrected chi connectivity index (χ4v) is 4.20. The van der Waals surface area contributed by atoms with E-state index < -0.39 is 0 Å². The quantitative estimate of drug-likeness (QED) is 0.659. The molecule has 0 bridgehead atoms. The molecule has 25 heavy (non-hydrogen) atoms. The molecular formula is C21H34N4. The zero-order chi connectivity index (χ0) is 17.5. The van der Waals surface area contributed by atoms with Crippen molar-refractivity contribution in [1.82, 2.24) is 15.1 Å². The van der Waals surface area contributed by atoms with Gasteiger partial charge in [-0.1, -0.05) is 43.7 Å². The third kappa shape index (κ3) is 5.21. The Kier molecular flexibility index (Phi) is 6.74. The van der Waals surface area contributed by atoms with Gasteiger partial charge in [-0.05, 0) is 43.8 Å². The van der Waals surface area contributed by atoms with E-state index in [1.165, 1.54) is 50.9 Å². The van der Waals surface area contributed by atoms with Gasteiger partial charge >= 0.3 is 0 Å². The van der Waals surface area contributed by atoms with Crippen LogP contribution in [0.3, 0.4) is 0 Å². The van der Waals surface area contributed by atoms with Gasteiger partial charge in [0, 0.05) is 39.1 Å². The summed E-state index contributed by atoms with van der Waals surface area (Å²) in [5, 5.41) is 3.62. The van der Waals surface area contributed by atoms with Crippen molar-refractivity contribution < 1.29 is 0 Å². The van der Waals surface area contributed by atoms with E-state index in [9.17, 15) is 0 Å². The Labute approximate surface area is 153 Å². The molecule has 0 radical (unpaired) electrons. The van der Waals surface area contributed by atoms with Gasteiger partial charge in [-0.25, -0.2) is 0 Å². The van der Waals surface area contributed by atoms with Gasteiger partial charge in [-0.15, -0.1) is 0 Å². The van der Waals surface area contributed by atoms with Crippen LogP contribution >= 0.6 is 0 Å². The molecule has 2 aliphatic rings. The standard InChI is InChI=1S/C21H34N4/c1-18(16-24-12-7-4-8-13-24)15-23-21(22-2)25-14-11-20(17-25)19-9-5-3-6-10-19/h3,5-6,9-10,18,20H,4,7-8,11-17H2,1-2H3,(H,22,23). The molecule has 2 fully saturated rings. The van der Waals surface area contributed by atoms with E-state index in [2.05, 4.69) is 57.4 Å². The van der Waals surface area contributed by atoms with Gasteiger partial charge in [0.1, 0.15) is 0 Å². The Bertz CT molecular complexity index is 536. The summed E-state index contributed by atoms with van der Waals surface area (Å²) in [5.74, 6) is 2.36. The van der Waals surface area contributed by atoms with Crippen LogP contribution in [0.2, 0.25) is 0 Å². The molecule has 2 aliphatic heterocycles. The summed E-state index contributed by atoms with van der Waals surface area (Å²) < 4.78 is 0. The van der Waals surface area contributed by atoms with E-state index in [0.717, 1.165) is 25.6 Å². The average molecular weight is 343 g/mol. The summed E-state index contributed by atoms with van der Waals surface area (Å²) in [6, 6.07) is 10.9. The third-order valence-corrected chi connectivity index (χ3v) is 5.60. The summed E-state index contributed by atoms with van der Waals surface area (Å²) in [7, 11) is 1.91. The van der Waals surface area contributed by atoms with Crippen LogP contribution in [0.1, 0.15) is 44.1 Å². The number of rotatable bonds is 5. The number of benzene rings is 1. The maximum Gasteiger partial charge on any atom is 0.193 e. The number of guanidine groups is 1. The molecule has 0 spiro atoms. The molecule has 3 rings (SSSR count). The second-order valence-electron chi connectivity index (χ2n) is 7.74. The Balaban J connectivity index is 1.45.